The number of esters is 1. The zero-order valence-electron chi connectivity index (χ0n) is 16.9. The van der Waals surface area contributed by atoms with Gasteiger partial charge in [-0.3, -0.25) is 9.59 Å². The van der Waals surface area contributed by atoms with Crippen LogP contribution in [0.3, 0.4) is 0 Å². The van der Waals surface area contributed by atoms with Crippen LogP contribution in [0, 0.1) is 0 Å². The summed E-state index contributed by atoms with van der Waals surface area (Å²) < 4.78 is 5.40. The van der Waals surface area contributed by atoms with Gasteiger partial charge in [0.25, 0.3) is 0 Å². The van der Waals surface area contributed by atoms with Crippen LogP contribution in [-0.2, 0) is 20.8 Å². The molecule has 2 rings (SSSR count). The lowest BCUT2D eigenvalue weighted by Crippen LogP contribution is -2.54. The van der Waals surface area contributed by atoms with Crippen molar-refractivity contribution in [3.8, 4) is 5.75 Å². The molecule has 0 aliphatic heterocycles. The predicted molar refractivity (Wildman–Crippen MR) is 118 cm³/mol. The molecule has 0 saturated carbocycles. The maximum atomic E-state index is 12.9. The van der Waals surface area contributed by atoms with E-state index in [1.807, 2.05) is 42.7 Å². The molecule has 0 fully saturated rings. The Bertz CT molecular complexity index is 818. The second kappa shape index (κ2) is 12.7. The van der Waals surface area contributed by atoms with Gasteiger partial charge in [-0.15, -0.1) is 0 Å². The molecule has 0 radical (unpaired) electrons. The standard InChI is InChI=1S/C22H27N3O4S/c1-30-13-12-18(22(28)29-17-10-6-3-7-11-17)25-21(27)19(24-20(26)15-23)14-16-8-4-2-5-9-16/h2-11,18-19H,12-15,23H2,1H3,(H,24,26)(H,25,27)/t18-,19-/m0/s1. The SMILES string of the molecule is CSCC[C@H](NC(=O)[C@H](Cc1ccccc1)NC(=O)CN)C(=O)Oc1ccccc1. The molecule has 2 aromatic rings. The Hall–Kier alpha value is -2.84. The molecule has 30 heavy (non-hydrogen) atoms. The van der Waals surface area contributed by atoms with Crippen LogP contribution in [0.4, 0.5) is 0 Å². The molecular weight excluding hydrogens is 402 g/mol. The van der Waals surface area contributed by atoms with Gasteiger partial charge in [0.05, 0.1) is 6.54 Å². The van der Waals surface area contributed by atoms with Crippen molar-refractivity contribution in [2.75, 3.05) is 18.6 Å². The molecular formula is C22H27N3O4S. The summed E-state index contributed by atoms with van der Waals surface area (Å²) in [6.07, 6.45) is 2.60. The topological polar surface area (TPSA) is 111 Å². The number of amides is 2. The van der Waals surface area contributed by atoms with Crippen molar-refractivity contribution in [3.05, 3.63) is 66.2 Å². The number of ether oxygens (including phenoxy) is 1. The van der Waals surface area contributed by atoms with E-state index in [1.54, 1.807) is 36.0 Å². The molecule has 2 aromatic carbocycles. The van der Waals surface area contributed by atoms with Crippen LogP contribution in [0.25, 0.3) is 0 Å². The van der Waals surface area contributed by atoms with E-state index in [0.29, 0.717) is 17.9 Å². The van der Waals surface area contributed by atoms with Crippen molar-refractivity contribution < 1.29 is 19.1 Å². The molecule has 0 aromatic heterocycles. The van der Waals surface area contributed by atoms with E-state index in [-0.39, 0.29) is 13.0 Å². The van der Waals surface area contributed by atoms with Gasteiger partial charge in [0.15, 0.2) is 0 Å². The number of para-hydroxylation sites is 1. The summed E-state index contributed by atoms with van der Waals surface area (Å²) in [5.74, 6) is -0.390. The van der Waals surface area contributed by atoms with E-state index in [1.165, 1.54) is 0 Å². The molecule has 0 heterocycles. The van der Waals surface area contributed by atoms with Crippen molar-refractivity contribution >= 4 is 29.5 Å². The van der Waals surface area contributed by atoms with Gasteiger partial charge in [-0.1, -0.05) is 48.5 Å². The number of nitrogens with one attached hydrogen (secondary N) is 2. The lowest BCUT2D eigenvalue weighted by atomic mass is 10.0. The predicted octanol–water partition coefficient (Wildman–Crippen LogP) is 1.52. The fourth-order valence-electron chi connectivity index (χ4n) is 2.75. The van der Waals surface area contributed by atoms with Gasteiger partial charge in [-0.2, -0.15) is 11.8 Å². The summed E-state index contributed by atoms with van der Waals surface area (Å²) in [5.41, 5.74) is 6.27. The average molecular weight is 430 g/mol. The van der Waals surface area contributed by atoms with Crippen LogP contribution < -0.4 is 21.1 Å². The summed E-state index contributed by atoms with van der Waals surface area (Å²) in [6, 6.07) is 16.3. The second-order valence-corrected chi connectivity index (χ2v) is 7.58. The number of carbonyl (C=O) groups is 3. The van der Waals surface area contributed by atoms with Gasteiger partial charge in [0.1, 0.15) is 17.8 Å². The normalized spacial score (nSPS) is 12.5. The third-order valence-corrected chi connectivity index (χ3v) is 4.94. The van der Waals surface area contributed by atoms with Gasteiger partial charge in [-0.25, -0.2) is 4.79 Å². The Labute approximate surface area is 180 Å². The molecule has 2 amide bonds. The minimum atomic E-state index is -0.857. The molecule has 160 valence electrons. The van der Waals surface area contributed by atoms with Crippen LogP contribution in [0.1, 0.15) is 12.0 Å². The highest BCUT2D eigenvalue weighted by molar-refractivity contribution is 7.98. The first kappa shape index (κ1) is 23.4. The monoisotopic (exact) mass is 429 g/mol. The number of rotatable bonds is 11. The first-order chi connectivity index (χ1) is 14.5. The first-order valence-electron chi connectivity index (χ1n) is 9.63. The summed E-state index contributed by atoms with van der Waals surface area (Å²) in [7, 11) is 0. The maximum Gasteiger partial charge on any atom is 0.334 e. The fraction of sp³-hybridized carbons (Fsp3) is 0.318. The molecule has 2 atom stereocenters. The Morgan fingerprint density at radius 1 is 0.967 bits per heavy atom. The third kappa shape index (κ3) is 7.88. The lowest BCUT2D eigenvalue weighted by molar-refractivity contribution is -0.140. The number of hydrogen-bond donors (Lipinski definition) is 3. The smallest absolute Gasteiger partial charge is 0.334 e. The molecule has 8 heteroatoms. The van der Waals surface area contributed by atoms with E-state index in [4.69, 9.17) is 10.5 Å². The van der Waals surface area contributed by atoms with E-state index in [2.05, 4.69) is 10.6 Å². The van der Waals surface area contributed by atoms with Crippen LogP contribution in [0.15, 0.2) is 60.7 Å². The van der Waals surface area contributed by atoms with Crippen molar-refractivity contribution in [1.82, 2.24) is 10.6 Å². The Kier molecular flexibility index (Phi) is 9.90. The Morgan fingerprint density at radius 3 is 2.20 bits per heavy atom. The number of nitrogens with two attached hydrogens (primary N) is 1. The van der Waals surface area contributed by atoms with Crippen LogP contribution >= 0.6 is 11.8 Å². The number of carbonyl (C=O) groups excluding carboxylic acids is 3. The minimum Gasteiger partial charge on any atom is -0.425 e. The Balaban J connectivity index is 2.11. The summed E-state index contributed by atoms with van der Waals surface area (Å²) in [5, 5.41) is 5.37. The molecule has 0 unspecified atom stereocenters. The van der Waals surface area contributed by atoms with E-state index >= 15 is 0 Å². The zero-order chi connectivity index (χ0) is 21.8. The molecule has 4 N–H and O–H groups in total. The molecule has 7 nitrogen and oxygen atoms in total. The van der Waals surface area contributed by atoms with Crippen LogP contribution in [0.2, 0.25) is 0 Å². The van der Waals surface area contributed by atoms with Gasteiger partial charge >= 0.3 is 5.97 Å². The first-order valence-corrected chi connectivity index (χ1v) is 11.0. The number of benzene rings is 2. The average Bonchev–Trinajstić information content (AvgIpc) is 2.77. The van der Waals surface area contributed by atoms with Crippen molar-refractivity contribution in [1.29, 1.82) is 0 Å². The quantitative estimate of drug-likeness (QED) is 0.369. The number of thioether (sulfide) groups is 1. The minimum absolute atomic E-state index is 0.232. The van der Waals surface area contributed by atoms with Crippen LogP contribution in [-0.4, -0.2) is 48.4 Å². The van der Waals surface area contributed by atoms with Crippen molar-refractivity contribution in [2.45, 2.75) is 24.9 Å². The van der Waals surface area contributed by atoms with Gasteiger partial charge in [0, 0.05) is 6.42 Å². The van der Waals surface area contributed by atoms with E-state index < -0.39 is 29.9 Å². The van der Waals surface area contributed by atoms with Crippen molar-refractivity contribution in [2.24, 2.45) is 5.73 Å². The van der Waals surface area contributed by atoms with Gasteiger partial charge < -0.3 is 21.1 Å². The van der Waals surface area contributed by atoms with Crippen LogP contribution in [0.5, 0.6) is 5.75 Å². The summed E-state index contributed by atoms with van der Waals surface area (Å²) in [4.78, 5) is 37.4. The summed E-state index contributed by atoms with van der Waals surface area (Å²) >= 11 is 1.56. The van der Waals surface area contributed by atoms with Gasteiger partial charge in [-0.05, 0) is 36.1 Å². The highest BCUT2D eigenvalue weighted by Gasteiger charge is 2.27. The van der Waals surface area contributed by atoms with E-state index in [0.717, 1.165) is 5.56 Å². The van der Waals surface area contributed by atoms with Gasteiger partial charge in [0.2, 0.25) is 11.8 Å². The highest BCUT2D eigenvalue weighted by Crippen LogP contribution is 2.12. The largest absolute Gasteiger partial charge is 0.425 e. The molecule has 0 aliphatic rings. The maximum absolute atomic E-state index is 12.9. The second-order valence-electron chi connectivity index (χ2n) is 6.59. The van der Waals surface area contributed by atoms with E-state index in [9.17, 15) is 14.4 Å². The molecule has 0 saturated heterocycles. The fourth-order valence-corrected chi connectivity index (χ4v) is 3.22. The third-order valence-electron chi connectivity index (χ3n) is 4.29. The lowest BCUT2D eigenvalue weighted by Gasteiger charge is -2.22. The highest BCUT2D eigenvalue weighted by atomic mass is 32.2. The Morgan fingerprint density at radius 2 is 1.60 bits per heavy atom. The molecule has 0 spiro atoms. The molecule has 0 bridgehead atoms. The zero-order valence-corrected chi connectivity index (χ0v) is 17.7. The number of hydrogen-bond acceptors (Lipinski definition) is 6. The molecule has 0 aliphatic carbocycles. The summed E-state index contributed by atoms with van der Waals surface area (Å²) in [6.45, 7) is -0.232. The van der Waals surface area contributed by atoms with Crippen molar-refractivity contribution in [3.63, 3.8) is 0 Å².